The number of rotatable bonds is 5. The second-order valence-electron chi connectivity index (χ2n) is 4.76. The molecule has 1 atom stereocenters. The van der Waals surface area contributed by atoms with E-state index in [0.717, 1.165) is 0 Å². The molecule has 0 aliphatic heterocycles. The standard InChI is InChI=1S/C15H14ClFN2O2/c1-10(8-11-4-2-3-5-14(11)17)18-15-9-12(19(20)21)6-7-13(15)16/h2-7,9-10,18H,8H2,1H3. The molecule has 0 fully saturated rings. The van der Waals surface area contributed by atoms with Crippen LogP contribution in [0.25, 0.3) is 0 Å². The highest BCUT2D eigenvalue weighted by atomic mass is 35.5. The van der Waals surface area contributed by atoms with E-state index in [2.05, 4.69) is 5.32 Å². The van der Waals surface area contributed by atoms with E-state index >= 15 is 0 Å². The molecule has 0 aliphatic rings. The van der Waals surface area contributed by atoms with E-state index in [1.54, 1.807) is 18.2 Å². The van der Waals surface area contributed by atoms with Gasteiger partial charge in [-0.25, -0.2) is 4.39 Å². The van der Waals surface area contributed by atoms with E-state index in [1.165, 1.54) is 24.3 Å². The Morgan fingerprint density at radius 1 is 1.33 bits per heavy atom. The Hall–Kier alpha value is -2.14. The van der Waals surface area contributed by atoms with Gasteiger partial charge in [-0.05, 0) is 31.0 Å². The molecule has 0 aromatic heterocycles. The quantitative estimate of drug-likeness (QED) is 0.656. The zero-order valence-electron chi connectivity index (χ0n) is 11.3. The number of hydrogen-bond acceptors (Lipinski definition) is 3. The van der Waals surface area contributed by atoms with Gasteiger partial charge in [0.05, 0.1) is 15.6 Å². The molecule has 0 heterocycles. The third-order valence-corrected chi connectivity index (χ3v) is 3.38. The molecule has 2 rings (SSSR count). The second-order valence-corrected chi connectivity index (χ2v) is 5.17. The monoisotopic (exact) mass is 308 g/mol. The average molecular weight is 309 g/mol. The molecule has 2 aromatic carbocycles. The van der Waals surface area contributed by atoms with Crippen LogP contribution in [0.3, 0.4) is 0 Å². The van der Waals surface area contributed by atoms with Crippen molar-refractivity contribution < 1.29 is 9.31 Å². The summed E-state index contributed by atoms with van der Waals surface area (Å²) in [6, 6.07) is 10.6. The minimum Gasteiger partial charge on any atom is -0.381 e. The normalized spacial score (nSPS) is 12.0. The van der Waals surface area contributed by atoms with Gasteiger partial charge in [-0.1, -0.05) is 29.8 Å². The summed E-state index contributed by atoms with van der Waals surface area (Å²) in [6.07, 6.45) is 0.450. The van der Waals surface area contributed by atoms with Crippen molar-refractivity contribution in [3.63, 3.8) is 0 Å². The molecule has 0 bridgehead atoms. The van der Waals surface area contributed by atoms with Crippen molar-refractivity contribution in [1.29, 1.82) is 0 Å². The Morgan fingerprint density at radius 3 is 2.71 bits per heavy atom. The topological polar surface area (TPSA) is 55.2 Å². The zero-order valence-corrected chi connectivity index (χ0v) is 12.1. The summed E-state index contributed by atoms with van der Waals surface area (Å²) in [5, 5.41) is 14.2. The number of nitrogens with one attached hydrogen (secondary N) is 1. The lowest BCUT2D eigenvalue weighted by Gasteiger charge is -2.16. The smallest absolute Gasteiger partial charge is 0.271 e. The van der Waals surface area contributed by atoms with E-state index in [1.807, 2.05) is 6.92 Å². The van der Waals surface area contributed by atoms with Gasteiger partial charge in [0.2, 0.25) is 0 Å². The number of hydrogen-bond donors (Lipinski definition) is 1. The molecule has 1 N–H and O–H groups in total. The predicted molar refractivity (Wildman–Crippen MR) is 81.3 cm³/mol. The predicted octanol–water partition coefficient (Wildman–Crippen LogP) is 4.43. The molecule has 0 saturated carbocycles. The first kappa shape index (κ1) is 15.3. The van der Waals surface area contributed by atoms with Crippen LogP contribution in [0.1, 0.15) is 12.5 Å². The summed E-state index contributed by atoms with van der Waals surface area (Å²) in [5.74, 6) is -0.267. The van der Waals surface area contributed by atoms with Gasteiger partial charge in [-0.3, -0.25) is 10.1 Å². The van der Waals surface area contributed by atoms with Gasteiger partial charge < -0.3 is 5.32 Å². The Bertz CT molecular complexity index is 664. The number of nitrogens with zero attached hydrogens (tertiary/aromatic N) is 1. The minimum absolute atomic E-state index is 0.0417. The van der Waals surface area contributed by atoms with Crippen LogP contribution in [-0.4, -0.2) is 11.0 Å². The van der Waals surface area contributed by atoms with Crippen molar-refractivity contribution in [1.82, 2.24) is 0 Å². The molecular formula is C15H14ClFN2O2. The fourth-order valence-corrected chi connectivity index (χ4v) is 2.22. The molecule has 110 valence electrons. The van der Waals surface area contributed by atoms with E-state index in [4.69, 9.17) is 11.6 Å². The maximum atomic E-state index is 13.6. The molecule has 0 aliphatic carbocycles. The number of halogens is 2. The molecule has 2 aromatic rings. The third-order valence-electron chi connectivity index (χ3n) is 3.05. The Labute approximate surface area is 126 Å². The van der Waals surface area contributed by atoms with E-state index < -0.39 is 4.92 Å². The molecule has 4 nitrogen and oxygen atoms in total. The molecule has 0 saturated heterocycles. The molecule has 21 heavy (non-hydrogen) atoms. The fourth-order valence-electron chi connectivity index (χ4n) is 2.05. The lowest BCUT2D eigenvalue weighted by Crippen LogP contribution is -2.19. The largest absolute Gasteiger partial charge is 0.381 e. The van der Waals surface area contributed by atoms with Gasteiger partial charge in [0, 0.05) is 18.2 Å². The SMILES string of the molecule is CC(Cc1ccccc1F)Nc1cc([N+](=O)[O-])ccc1Cl. The van der Waals surface area contributed by atoms with Crippen molar-refractivity contribution >= 4 is 23.0 Å². The summed E-state index contributed by atoms with van der Waals surface area (Å²) in [4.78, 5) is 10.3. The van der Waals surface area contributed by atoms with Crippen molar-refractivity contribution in [3.05, 3.63) is 69.0 Å². The minimum atomic E-state index is -0.483. The maximum Gasteiger partial charge on any atom is 0.271 e. The Balaban J connectivity index is 2.12. The van der Waals surface area contributed by atoms with Crippen molar-refractivity contribution in [3.8, 4) is 0 Å². The highest BCUT2D eigenvalue weighted by molar-refractivity contribution is 6.33. The van der Waals surface area contributed by atoms with Crippen LogP contribution in [0.2, 0.25) is 5.02 Å². The molecule has 1 unspecified atom stereocenters. The van der Waals surface area contributed by atoms with Gasteiger partial charge in [-0.2, -0.15) is 0 Å². The van der Waals surface area contributed by atoms with Gasteiger partial charge in [0.25, 0.3) is 5.69 Å². The van der Waals surface area contributed by atoms with Gasteiger partial charge >= 0.3 is 0 Å². The number of benzene rings is 2. The first-order valence-electron chi connectivity index (χ1n) is 6.41. The summed E-state index contributed by atoms with van der Waals surface area (Å²) in [7, 11) is 0. The highest BCUT2D eigenvalue weighted by Crippen LogP contribution is 2.27. The van der Waals surface area contributed by atoms with Crippen LogP contribution in [-0.2, 0) is 6.42 Å². The summed E-state index contributed by atoms with van der Waals surface area (Å²) in [6.45, 7) is 1.86. The van der Waals surface area contributed by atoms with Crippen molar-refractivity contribution in [2.45, 2.75) is 19.4 Å². The zero-order chi connectivity index (χ0) is 15.4. The first-order chi connectivity index (χ1) is 9.97. The van der Waals surface area contributed by atoms with Gasteiger partial charge in [0.15, 0.2) is 0 Å². The number of nitro benzene ring substituents is 1. The van der Waals surface area contributed by atoms with Gasteiger partial charge in [-0.15, -0.1) is 0 Å². The van der Waals surface area contributed by atoms with Crippen LogP contribution in [0.4, 0.5) is 15.8 Å². The Morgan fingerprint density at radius 2 is 2.05 bits per heavy atom. The molecule has 0 spiro atoms. The fraction of sp³-hybridized carbons (Fsp3) is 0.200. The van der Waals surface area contributed by atoms with E-state index in [0.29, 0.717) is 22.7 Å². The molecule has 0 radical (unpaired) electrons. The second kappa shape index (κ2) is 6.54. The van der Waals surface area contributed by atoms with Crippen LogP contribution in [0.5, 0.6) is 0 Å². The van der Waals surface area contributed by atoms with E-state index in [9.17, 15) is 14.5 Å². The molecular weight excluding hydrogens is 295 g/mol. The third kappa shape index (κ3) is 3.92. The summed E-state index contributed by atoms with van der Waals surface area (Å²) >= 11 is 6.02. The van der Waals surface area contributed by atoms with E-state index in [-0.39, 0.29) is 17.5 Å². The number of anilines is 1. The average Bonchev–Trinajstić information content (AvgIpc) is 2.43. The lowest BCUT2D eigenvalue weighted by molar-refractivity contribution is -0.384. The summed E-state index contributed by atoms with van der Waals surface area (Å²) < 4.78 is 13.6. The van der Waals surface area contributed by atoms with Crippen LogP contribution < -0.4 is 5.32 Å². The van der Waals surface area contributed by atoms with Crippen LogP contribution in [0, 0.1) is 15.9 Å². The number of nitro groups is 1. The van der Waals surface area contributed by atoms with Crippen molar-refractivity contribution in [2.24, 2.45) is 0 Å². The lowest BCUT2D eigenvalue weighted by atomic mass is 10.1. The molecule has 0 amide bonds. The maximum absolute atomic E-state index is 13.6. The summed E-state index contributed by atoms with van der Waals surface area (Å²) in [5.41, 5.74) is 1.01. The highest BCUT2D eigenvalue weighted by Gasteiger charge is 2.13. The number of non-ortho nitro benzene ring substituents is 1. The Kier molecular flexibility index (Phi) is 4.75. The van der Waals surface area contributed by atoms with Crippen LogP contribution in [0.15, 0.2) is 42.5 Å². The first-order valence-corrected chi connectivity index (χ1v) is 6.79. The van der Waals surface area contributed by atoms with Gasteiger partial charge in [0.1, 0.15) is 5.82 Å². The van der Waals surface area contributed by atoms with Crippen LogP contribution >= 0.6 is 11.6 Å². The molecule has 6 heteroatoms. The van der Waals surface area contributed by atoms with Crippen molar-refractivity contribution in [2.75, 3.05) is 5.32 Å².